The smallest absolute Gasteiger partial charge is 0.323 e. The molecule has 0 aromatic rings. The molecule has 0 aromatic heterocycles. The fourth-order valence-corrected chi connectivity index (χ4v) is 2.05. The molecule has 0 aliphatic carbocycles. The second kappa shape index (κ2) is 7.33. The van der Waals surface area contributed by atoms with Gasteiger partial charge in [-0.25, -0.2) is 0 Å². The molecule has 0 saturated carbocycles. The Morgan fingerprint density at radius 3 is 2.39 bits per heavy atom. The number of carbonyl (C=O) groups is 2. The summed E-state index contributed by atoms with van der Waals surface area (Å²) in [6, 6.07) is -0.599. The number of hydrogen-bond donors (Lipinski definition) is 0. The molecule has 1 rings (SSSR count). The normalized spacial score (nSPS) is 19.9. The van der Waals surface area contributed by atoms with E-state index in [1.807, 2.05) is 4.90 Å². The van der Waals surface area contributed by atoms with Crippen molar-refractivity contribution < 1.29 is 23.8 Å². The van der Waals surface area contributed by atoms with Crippen molar-refractivity contribution in [2.45, 2.75) is 19.9 Å². The SMILES string of the molecule is CCOC(=O)C(C)C(C(=O)OC)N1CCOCC1. The molecule has 104 valence electrons. The van der Waals surface area contributed by atoms with Gasteiger partial charge < -0.3 is 14.2 Å². The first-order chi connectivity index (χ1) is 8.61. The maximum atomic E-state index is 11.8. The van der Waals surface area contributed by atoms with Crippen molar-refractivity contribution in [3.8, 4) is 0 Å². The van der Waals surface area contributed by atoms with E-state index in [9.17, 15) is 9.59 Å². The topological polar surface area (TPSA) is 65.1 Å². The van der Waals surface area contributed by atoms with Crippen molar-refractivity contribution in [2.24, 2.45) is 5.92 Å². The van der Waals surface area contributed by atoms with E-state index in [1.54, 1.807) is 13.8 Å². The lowest BCUT2D eigenvalue weighted by Crippen LogP contribution is -2.52. The number of carbonyl (C=O) groups excluding carboxylic acids is 2. The predicted molar refractivity (Wildman–Crippen MR) is 64.0 cm³/mol. The molecule has 0 amide bonds. The molecule has 2 atom stereocenters. The molecule has 2 unspecified atom stereocenters. The van der Waals surface area contributed by atoms with Crippen LogP contribution in [0.4, 0.5) is 0 Å². The number of ether oxygens (including phenoxy) is 3. The van der Waals surface area contributed by atoms with Crippen LogP contribution in [0.2, 0.25) is 0 Å². The van der Waals surface area contributed by atoms with Crippen molar-refractivity contribution in [1.29, 1.82) is 0 Å². The van der Waals surface area contributed by atoms with Gasteiger partial charge in [-0.05, 0) is 13.8 Å². The minimum absolute atomic E-state index is 0.306. The Morgan fingerprint density at radius 1 is 1.28 bits per heavy atom. The minimum Gasteiger partial charge on any atom is -0.468 e. The molecule has 1 aliphatic heterocycles. The van der Waals surface area contributed by atoms with E-state index in [2.05, 4.69) is 0 Å². The minimum atomic E-state index is -0.599. The lowest BCUT2D eigenvalue weighted by atomic mass is 10.00. The highest BCUT2D eigenvalue weighted by Gasteiger charge is 2.37. The van der Waals surface area contributed by atoms with Gasteiger partial charge in [-0.1, -0.05) is 0 Å². The summed E-state index contributed by atoms with van der Waals surface area (Å²) in [5.41, 5.74) is 0. The maximum absolute atomic E-state index is 11.8. The highest BCUT2D eigenvalue weighted by molar-refractivity contribution is 5.84. The Hall–Kier alpha value is -1.14. The van der Waals surface area contributed by atoms with Crippen molar-refractivity contribution in [3.63, 3.8) is 0 Å². The van der Waals surface area contributed by atoms with Gasteiger partial charge in [-0.15, -0.1) is 0 Å². The molecule has 1 aliphatic rings. The van der Waals surface area contributed by atoms with Gasteiger partial charge in [0, 0.05) is 13.1 Å². The van der Waals surface area contributed by atoms with Gasteiger partial charge in [0.05, 0.1) is 32.8 Å². The predicted octanol–water partition coefficient (Wildman–Crippen LogP) is 0.0594. The molecular formula is C12H21NO5. The van der Waals surface area contributed by atoms with Crippen LogP contribution in [-0.2, 0) is 23.8 Å². The zero-order valence-corrected chi connectivity index (χ0v) is 11.2. The van der Waals surface area contributed by atoms with Crippen LogP contribution >= 0.6 is 0 Å². The van der Waals surface area contributed by atoms with E-state index in [0.29, 0.717) is 32.9 Å². The average molecular weight is 259 g/mol. The number of rotatable bonds is 5. The third-order valence-electron chi connectivity index (χ3n) is 3.01. The number of hydrogen-bond acceptors (Lipinski definition) is 6. The van der Waals surface area contributed by atoms with Crippen LogP contribution in [0.1, 0.15) is 13.8 Å². The molecule has 0 aromatic carbocycles. The zero-order chi connectivity index (χ0) is 13.5. The lowest BCUT2D eigenvalue weighted by molar-refractivity contribution is -0.161. The van der Waals surface area contributed by atoms with Crippen LogP contribution in [0.15, 0.2) is 0 Å². The van der Waals surface area contributed by atoms with E-state index in [0.717, 1.165) is 0 Å². The van der Waals surface area contributed by atoms with Gasteiger partial charge >= 0.3 is 11.9 Å². The monoisotopic (exact) mass is 259 g/mol. The van der Waals surface area contributed by atoms with Crippen LogP contribution < -0.4 is 0 Å². The van der Waals surface area contributed by atoms with Crippen LogP contribution in [0.5, 0.6) is 0 Å². The quantitative estimate of drug-likeness (QED) is 0.650. The standard InChI is InChI=1S/C12H21NO5/c1-4-18-11(14)9(2)10(12(15)16-3)13-5-7-17-8-6-13/h9-10H,4-8H2,1-3H3. The number of esters is 2. The van der Waals surface area contributed by atoms with Gasteiger partial charge in [0.1, 0.15) is 6.04 Å². The van der Waals surface area contributed by atoms with Gasteiger partial charge in [0.15, 0.2) is 0 Å². The highest BCUT2D eigenvalue weighted by Crippen LogP contribution is 2.16. The first-order valence-corrected chi connectivity index (χ1v) is 6.18. The first kappa shape index (κ1) is 14.9. The fraction of sp³-hybridized carbons (Fsp3) is 0.833. The summed E-state index contributed by atoms with van der Waals surface area (Å²) >= 11 is 0. The number of morpholine rings is 1. The van der Waals surface area contributed by atoms with Crippen LogP contribution in [0, 0.1) is 5.92 Å². The lowest BCUT2D eigenvalue weighted by Gasteiger charge is -2.34. The Balaban J connectivity index is 2.76. The number of methoxy groups -OCH3 is 1. The Labute approximate surface area is 107 Å². The van der Waals surface area contributed by atoms with Gasteiger partial charge in [0.25, 0.3) is 0 Å². The summed E-state index contributed by atoms with van der Waals surface area (Å²) in [6.07, 6.45) is 0. The largest absolute Gasteiger partial charge is 0.468 e. The second-order valence-electron chi connectivity index (χ2n) is 4.16. The Bertz CT molecular complexity index is 288. The molecule has 0 spiro atoms. The van der Waals surface area contributed by atoms with Gasteiger partial charge in [-0.2, -0.15) is 0 Å². The van der Waals surface area contributed by atoms with Crippen molar-refractivity contribution in [2.75, 3.05) is 40.0 Å². The summed E-state index contributed by atoms with van der Waals surface area (Å²) in [4.78, 5) is 25.5. The van der Waals surface area contributed by atoms with E-state index in [4.69, 9.17) is 14.2 Å². The third-order valence-corrected chi connectivity index (χ3v) is 3.01. The molecule has 6 nitrogen and oxygen atoms in total. The molecule has 0 bridgehead atoms. The van der Waals surface area contributed by atoms with Gasteiger partial charge in [-0.3, -0.25) is 14.5 Å². The van der Waals surface area contributed by atoms with Crippen molar-refractivity contribution >= 4 is 11.9 Å². The Morgan fingerprint density at radius 2 is 1.89 bits per heavy atom. The molecule has 0 radical (unpaired) electrons. The summed E-state index contributed by atoms with van der Waals surface area (Å²) in [5.74, 6) is -1.33. The van der Waals surface area contributed by atoms with Crippen LogP contribution in [0.3, 0.4) is 0 Å². The molecule has 18 heavy (non-hydrogen) atoms. The van der Waals surface area contributed by atoms with Crippen LogP contribution in [-0.4, -0.2) is 62.9 Å². The summed E-state index contributed by atoms with van der Waals surface area (Å²) in [5, 5.41) is 0. The maximum Gasteiger partial charge on any atom is 0.323 e. The van der Waals surface area contributed by atoms with Crippen molar-refractivity contribution in [3.05, 3.63) is 0 Å². The molecule has 1 fully saturated rings. The van der Waals surface area contributed by atoms with E-state index >= 15 is 0 Å². The summed E-state index contributed by atoms with van der Waals surface area (Å²) < 4.78 is 15.0. The summed E-state index contributed by atoms with van der Waals surface area (Å²) in [6.45, 7) is 6.08. The molecule has 6 heteroatoms. The molecule has 1 saturated heterocycles. The van der Waals surface area contributed by atoms with Crippen LogP contribution in [0.25, 0.3) is 0 Å². The molecule has 1 heterocycles. The zero-order valence-electron chi connectivity index (χ0n) is 11.2. The Kier molecular flexibility index (Phi) is 6.07. The second-order valence-corrected chi connectivity index (χ2v) is 4.16. The van der Waals surface area contributed by atoms with E-state index in [-0.39, 0.29) is 5.97 Å². The van der Waals surface area contributed by atoms with Crippen molar-refractivity contribution in [1.82, 2.24) is 4.90 Å². The molecule has 0 N–H and O–H groups in total. The first-order valence-electron chi connectivity index (χ1n) is 6.18. The van der Waals surface area contributed by atoms with Gasteiger partial charge in [0.2, 0.25) is 0 Å². The third kappa shape index (κ3) is 3.68. The molecular weight excluding hydrogens is 238 g/mol. The van der Waals surface area contributed by atoms with E-state index < -0.39 is 17.9 Å². The fourth-order valence-electron chi connectivity index (χ4n) is 2.05. The highest BCUT2D eigenvalue weighted by atomic mass is 16.5. The van der Waals surface area contributed by atoms with E-state index in [1.165, 1.54) is 7.11 Å². The number of nitrogens with zero attached hydrogens (tertiary/aromatic N) is 1. The average Bonchev–Trinajstić information content (AvgIpc) is 2.40. The summed E-state index contributed by atoms with van der Waals surface area (Å²) in [7, 11) is 1.33.